The molecule has 0 fully saturated rings. The van der Waals surface area contributed by atoms with Crippen LogP contribution in [0.3, 0.4) is 0 Å². The number of urea groups is 1. The molecule has 1 heterocycles. The van der Waals surface area contributed by atoms with E-state index in [1.807, 2.05) is 36.4 Å². The Bertz CT molecular complexity index is 1190. The van der Waals surface area contributed by atoms with Crippen molar-refractivity contribution in [2.24, 2.45) is 4.99 Å². The summed E-state index contributed by atoms with van der Waals surface area (Å²) < 4.78 is 16.0. The van der Waals surface area contributed by atoms with Crippen LogP contribution in [0, 0.1) is 0 Å². The molecule has 35 heavy (non-hydrogen) atoms. The number of carbonyl (C=O) groups excluding carboxylic acids is 2. The van der Waals surface area contributed by atoms with Gasteiger partial charge in [0, 0.05) is 36.0 Å². The highest BCUT2D eigenvalue weighted by Crippen LogP contribution is 2.40. The highest BCUT2D eigenvalue weighted by molar-refractivity contribution is 6.16. The minimum Gasteiger partial charge on any atom is -0.493 e. The molecule has 2 aromatic carbocycles. The van der Waals surface area contributed by atoms with Crippen molar-refractivity contribution in [2.75, 3.05) is 33.7 Å². The molecule has 0 bridgehead atoms. The topological polar surface area (TPSA) is 101 Å². The van der Waals surface area contributed by atoms with Gasteiger partial charge in [0.15, 0.2) is 11.5 Å². The molecule has 0 spiro atoms. The van der Waals surface area contributed by atoms with Crippen LogP contribution in [0.25, 0.3) is 0 Å². The number of carbonyl (C=O) groups is 2. The number of amides is 3. The smallest absolute Gasteiger partial charge is 0.321 e. The van der Waals surface area contributed by atoms with Gasteiger partial charge in [-0.15, -0.1) is 0 Å². The fourth-order valence-corrected chi connectivity index (χ4v) is 4.15. The molecule has 2 aliphatic rings. The summed E-state index contributed by atoms with van der Waals surface area (Å²) in [6.07, 6.45) is 4.49. The molecule has 9 heteroatoms. The van der Waals surface area contributed by atoms with Crippen molar-refractivity contribution in [3.8, 4) is 17.2 Å². The van der Waals surface area contributed by atoms with Crippen LogP contribution in [0.2, 0.25) is 0 Å². The molecular weight excluding hydrogens is 448 g/mol. The van der Waals surface area contributed by atoms with Crippen LogP contribution in [-0.2, 0) is 4.79 Å². The molecular formula is C26H28N4O5. The Kier molecular flexibility index (Phi) is 7.05. The molecule has 1 unspecified atom stereocenters. The maximum atomic E-state index is 13.3. The molecule has 0 saturated carbocycles. The van der Waals surface area contributed by atoms with Crippen LogP contribution >= 0.6 is 0 Å². The van der Waals surface area contributed by atoms with Crippen LogP contribution < -0.4 is 24.8 Å². The lowest BCUT2D eigenvalue weighted by Crippen LogP contribution is -2.47. The first kappa shape index (κ1) is 23.9. The van der Waals surface area contributed by atoms with Crippen LogP contribution in [-0.4, -0.2) is 57.1 Å². The zero-order valence-corrected chi connectivity index (χ0v) is 20.1. The average molecular weight is 477 g/mol. The Morgan fingerprint density at radius 3 is 2.37 bits per heavy atom. The van der Waals surface area contributed by atoms with Gasteiger partial charge >= 0.3 is 6.03 Å². The third-order valence-corrected chi connectivity index (χ3v) is 5.86. The van der Waals surface area contributed by atoms with Crippen molar-refractivity contribution in [1.82, 2.24) is 10.2 Å². The lowest BCUT2D eigenvalue weighted by molar-refractivity contribution is -0.129. The van der Waals surface area contributed by atoms with Gasteiger partial charge in [-0.25, -0.2) is 9.79 Å². The Balaban J connectivity index is 1.64. The van der Waals surface area contributed by atoms with Gasteiger partial charge < -0.3 is 29.7 Å². The van der Waals surface area contributed by atoms with E-state index in [1.165, 1.54) is 21.3 Å². The third-order valence-electron chi connectivity index (χ3n) is 5.86. The second-order valence-corrected chi connectivity index (χ2v) is 7.96. The van der Waals surface area contributed by atoms with E-state index in [2.05, 4.69) is 16.7 Å². The van der Waals surface area contributed by atoms with Crippen molar-refractivity contribution >= 4 is 23.3 Å². The number of methoxy groups -OCH3 is 3. The van der Waals surface area contributed by atoms with Gasteiger partial charge in [0.25, 0.3) is 5.91 Å². The van der Waals surface area contributed by atoms with Crippen molar-refractivity contribution in [3.63, 3.8) is 0 Å². The average Bonchev–Trinajstić information content (AvgIpc) is 2.99. The fraction of sp³-hybridized carbons (Fsp3) is 0.269. The number of ether oxygens (including phenoxy) is 3. The summed E-state index contributed by atoms with van der Waals surface area (Å²) in [5.41, 5.74) is 3.69. The van der Waals surface area contributed by atoms with E-state index in [0.29, 0.717) is 35.1 Å². The normalized spacial score (nSPS) is 17.3. The standard InChI is InChI=1S/C26H28N4O5/c1-30-19-13-9-8-12-18(19)22(16-10-6-5-7-11-16)28-24(25(30)31)29-26(32)27-17-14-20(33-2)23(35-4)21(15-17)34-3/h5-8,10-12,14-15,24H,9,13H2,1-4H3,(H2,27,29,32). The molecule has 1 aliphatic carbocycles. The number of nitrogens with one attached hydrogen (secondary N) is 2. The van der Waals surface area contributed by atoms with Crippen LogP contribution in [0.4, 0.5) is 10.5 Å². The zero-order valence-electron chi connectivity index (χ0n) is 20.1. The second kappa shape index (κ2) is 10.3. The third kappa shape index (κ3) is 4.84. The van der Waals surface area contributed by atoms with E-state index in [0.717, 1.165) is 23.3 Å². The summed E-state index contributed by atoms with van der Waals surface area (Å²) in [6.45, 7) is 0. The number of nitrogens with zero attached hydrogens (tertiary/aromatic N) is 2. The minimum atomic E-state index is -1.11. The van der Waals surface area contributed by atoms with E-state index in [4.69, 9.17) is 19.2 Å². The van der Waals surface area contributed by atoms with Crippen molar-refractivity contribution in [1.29, 1.82) is 0 Å². The number of hydrogen-bond donors (Lipinski definition) is 2. The van der Waals surface area contributed by atoms with Crippen molar-refractivity contribution < 1.29 is 23.8 Å². The number of benzene rings is 2. The Morgan fingerprint density at radius 2 is 1.74 bits per heavy atom. The van der Waals surface area contributed by atoms with E-state index < -0.39 is 12.2 Å². The maximum Gasteiger partial charge on any atom is 0.321 e. The van der Waals surface area contributed by atoms with Gasteiger partial charge in [0.2, 0.25) is 11.9 Å². The molecule has 0 saturated heterocycles. The van der Waals surface area contributed by atoms with E-state index in [1.54, 1.807) is 24.1 Å². The number of anilines is 1. The number of rotatable bonds is 6. The lowest BCUT2D eigenvalue weighted by atomic mass is 9.94. The fourth-order valence-electron chi connectivity index (χ4n) is 4.15. The first-order valence-corrected chi connectivity index (χ1v) is 11.1. The Hall–Kier alpha value is -4.27. The Morgan fingerprint density at radius 1 is 1.06 bits per heavy atom. The highest BCUT2D eigenvalue weighted by atomic mass is 16.5. The van der Waals surface area contributed by atoms with E-state index in [9.17, 15) is 9.59 Å². The van der Waals surface area contributed by atoms with Gasteiger partial charge in [-0.3, -0.25) is 4.79 Å². The molecule has 0 aromatic heterocycles. The first-order chi connectivity index (χ1) is 17.0. The van der Waals surface area contributed by atoms with Gasteiger partial charge in [0.05, 0.1) is 32.7 Å². The predicted octanol–water partition coefficient (Wildman–Crippen LogP) is 3.73. The van der Waals surface area contributed by atoms with E-state index >= 15 is 0 Å². The quantitative estimate of drug-likeness (QED) is 0.662. The van der Waals surface area contributed by atoms with Crippen molar-refractivity contribution in [3.05, 3.63) is 71.5 Å². The minimum absolute atomic E-state index is 0.321. The largest absolute Gasteiger partial charge is 0.493 e. The molecule has 3 amide bonds. The van der Waals surface area contributed by atoms with Crippen molar-refractivity contribution in [2.45, 2.75) is 19.0 Å². The molecule has 182 valence electrons. The van der Waals surface area contributed by atoms with Gasteiger partial charge in [0.1, 0.15) is 0 Å². The molecule has 2 aromatic rings. The predicted molar refractivity (Wildman–Crippen MR) is 133 cm³/mol. The van der Waals surface area contributed by atoms with Gasteiger partial charge in [-0.2, -0.15) is 0 Å². The number of hydrogen-bond acceptors (Lipinski definition) is 6. The number of aliphatic imine (C=N–C) groups is 1. The summed E-state index contributed by atoms with van der Waals surface area (Å²) in [4.78, 5) is 32.6. The molecule has 2 N–H and O–H groups in total. The molecule has 1 atom stereocenters. The molecule has 1 aliphatic heterocycles. The summed E-state index contributed by atoms with van der Waals surface area (Å²) in [5, 5.41) is 5.44. The summed E-state index contributed by atoms with van der Waals surface area (Å²) in [7, 11) is 6.19. The second-order valence-electron chi connectivity index (χ2n) is 7.96. The van der Waals surface area contributed by atoms with Crippen LogP contribution in [0.5, 0.6) is 17.2 Å². The lowest BCUT2D eigenvalue weighted by Gasteiger charge is -2.25. The number of likely N-dealkylation sites (N-methyl/N-ethyl adjacent to an activating group) is 1. The maximum absolute atomic E-state index is 13.3. The molecule has 4 rings (SSSR count). The van der Waals surface area contributed by atoms with Crippen LogP contribution in [0.1, 0.15) is 18.4 Å². The zero-order chi connectivity index (χ0) is 24.9. The van der Waals surface area contributed by atoms with E-state index in [-0.39, 0.29) is 5.91 Å². The monoisotopic (exact) mass is 476 g/mol. The summed E-state index contributed by atoms with van der Waals surface area (Å²) >= 11 is 0. The molecule has 0 radical (unpaired) electrons. The highest BCUT2D eigenvalue weighted by Gasteiger charge is 2.32. The van der Waals surface area contributed by atoms with Gasteiger partial charge in [-0.05, 0) is 12.8 Å². The molecule has 9 nitrogen and oxygen atoms in total. The van der Waals surface area contributed by atoms with Gasteiger partial charge in [-0.1, -0.05) is 42.5 Å². The summed E-state index contributed by atoms with van der Waals surface area (Å²) in [5.74, 6) is 0.864. The first-order valence-electron chi connectivity index (χ1n) is 11.1. The Labute approximate surface area is 204 Å². The summed E-state index contributed by atoms with van der Waals surface area (Å²) in [6, 6.07) is 12.2. The number of allylic oxidation sites excluding steroid dienone is 4. The van der Waals surface area contributed by atoms with Crippen LogP contribution in [0.15, 0.2) is 70.9 Å². The SMILES string of the molecule is COc1cc(NC(=O)NC2N=C(c3ccccc3)C3=C(CCC=C3)N(C)C2=O)cc(OC)c1OC.